The zero-order valence-electron chi connectivity index (χ0n) is 16.4. The smallest absolute Gasteiger partial charge is 0.243 e. The Morgan fingerprint density at radius 2 is 1.81 bits per heavy atom. The van der Waals surface area contributed by atoms with Gasteiger partial charge in [-0.15, -0.1) is 0 Å². The van der Waals surface area contributed by atoms with Gasteiger partial charge in [0.05, 0.1) is 15.6 Å². The van der Waals surface area contributed by atoms with Gasteiger partial charge in [0.15, 0.2) is 5.82 Å². The Morgan fingerprint density at radius 3 is 2.48 bits per heavy atom. The minimum Gasteiger partial charge on any atom is -0.309 e. The summed E-state index contributed by atoms with van der Waals surface area (Å²) in [6, 6.07) is 14.6. The molecule has 0 spiro atoms. The zero-order chi connectivity index (χ0) is 22.0. The highest BCUT2D eigenvalue weighted by Gasteiger charge is 2.32. The molecule has 0 atom stereocenters. The number of sulfonamides is 1. The Bertz CT molecular complexity index is 1190. The summed E-state index contributed by atoms with van der Waals surface area (Å²) in [6.45, 7) is 0.377. The van der Waals surface area contributed by atoms with E-state index in [1.807, 2.05) is 30.3 Å². The van der Waals surface area contributed by atoms with Crippen molar-refractivity contribution in [3.05, 3.63) is 71.6 Å². The van der Waals surface area contributed by atoms with Crippen LogP contribution in [-0.4, -0.2) is 41.5 Å². The topological polar surface area (TPSA) is 84.3 Å². The molecule has 0 bridgehead atoms. The molecule has 1 aliphatic rings. The predicted octanol–water partition coefficient (Wildman–Crippen LogP) is 3.70. The Labute approximate surface area is 184 Å². The van der Waals surface area contributed by atoms with E-state index >= 15 is 0 Å². The third kappa shape index (κ3) is 4.63. The molecule has 1 fully saturated rings. The monoisotopic (exact) mass is 462 g/mol. The highest BCUT2D eigenvalue weighted by Crippen LogP contribution is 2.27. The third-order valence-electron chi connectivity index (χ3n) is 5.21. The van der Waals surface area contributed by atoms with E-state index < -0.39 is 15.8 Å². The van der Waals surface area contributed by atoms with Gasteiger partial charge in [0.1, 0.15) is 5.82 Å². The second kappa shape index (κ2) is 8.78. The lowest BCUT2D eigenvalue weighted by molar-refractivity contribution is -0.120. The number of para-hydroxylation sites is 1. The van der Waals surface area contributed by atoms with E-state index in [4.69, 9.17) is 11.6 Å². The standard InChI is InChI=1S/C21H20ClFN4O3S/c22-18-14-17(6-7-19(18)23)31(29,30)26-11-8-15(9-12-26)21(28)24-20-10-13-27(25-20)16-4-2-1-3-5-16/h1-7,10,13-15H,8-9,11-12H2,(H,24,25,28). The summed E-state index contributed by atoms with van der Waals surface area (Å²) in [7, 11) is -3.80. The Kier molecular flexibility index (Phi) is 6.08. The molecule has 31 heavy (non-hydrogen) atoms. The van der Waals surface area contributed by atoms with Crippen molar-refractivity contribution >= 4 is 33.3 Å². The molecule has 2 heterocycles. The summed E-state index contributed by atoms with van der Waals surface area (Å²) in [6.07, 6.45) is 2.51. The molecular formula is C21H20ClFN4O3S. The van der Waals surface area contributed by atoms with Gasteiger partial charge in [0.2, 0.25) is 15.9 Å². The van der Waals surface area contributed by atoms with Crippen molar-refractivity contribution in [3.8, 4) is 5.69 Å². The van der Waals surface area contributed by atoms with Crippen LogP contribution in [0.25, 0.3) is 5.69 Å². The van der Waals surface area contributed by atoms with Crippen LogP contribution in [0.2, 0.25) is 5.02 Å². The quantitative estimate of drug-likeness (QED) is 0.626. The number of anilines is 1. The van der Waals surface area contributed by atoms with Crippen molar-refractivity contribution in [1.82, 2.24) is 14.1 Å². The van der Waals surface area contributed by atoms with Crippen molar-refractivity contribution in [1.29, 1.82) is 0 Å². The fourth-order valence-corrected chi connectivity index (χ4v) is 5.23. The Hall–Kier alpha value is -2.75. The number of amides is 1. The average Bonchev–Trinajstić information content (AvgIpc) is 3.24. The van der Waals surface area contributed by atoms with E-state index in [0.717, 1.165) is 17.8 Å². The highest BCUT2D eigenvalue weighted by atomic mass is 35.5. The molecule has 2 aromatic carbocycles. The van der Waals surface area contributed by atoms with Crippen molar-refractivity contribution in [2.45, 2.75) is 17.7 Å². The van der Waals surface area contributed by atoms with E-state index in [9.17, 15) is 17.6 Å². The molecule has 1 saturated heterocycles. The molecule has 162 valence electrons. The molecule has 1 amide bonds. The first kappa shape index (κ1) is 21.5. The van der Waals surface area contributed by atoms with Gasteiger partial charge in [-0.2, -0.15) is 9.40 Å². The van der Waals surface area contributed by atoms with Gasteiger partial charge in [-0.25, -0.2) is 17.5 Å². The first-order chi connectivity index (χ1) is 14.8. The van der Waals surface area contributed by atoms with E-state index in [1.54, 1.807) is 16.9 Å². The van der Waals surface area contributed by atoms with Gasteiger partial charge in [-0.1, -0.05) is 29.8 Å². The second-order valence-electron chi connectivity index (χ2n) is 7.22. The second-order valence-corrected chi connectivity index (χ2v) is 9.57. The fraction of sp³-hybridized carbons (Fsp3) is 0.238. The molecule has 1 N–H and O–H groups in total. The lowest BCUT2D eigenvalue weighted by atomic mass is 9.97. The van der Waals surface area contributed by atoms with Crippen LogP contribution in [0, 0.1) is 11.7 Å². The van der Waals surface area contributed by atoms with Crippen LogP contribution < -0.4 is 5.32 Å². The van der Waals surface area contributed by atoms with Crippen molar-refractivity contribution in [2.24, 2.45) is 5.92 Å². The van der Waals surface area contributed by atoms with Crippen LogP contribution in [0.4, 0.5) is 10.2 Å². The molecule has 0 saturated carbocycles. The third-order valence-corrected chi connectivity index (χ3v) is 7.40. The van der Waals surface area contributed by atoms with Crippen LogP contribution >= 0.6 is 11.6 Å². The summed E-state index contributed by atoms with van der Waals surface area (Å²) >= 11 is 5.72. The molecule has 10 heteroatoms. The number of carbonyl (C=O) groups excluding carboxylic acids is 1. The zero-order valence-corrected chi connectivity index (χ0v) is 18.0. The van der Waals surface area contributed by atoms with Gasteiger partial charge < -0.3 is 5.32 Å². The normalized spacial score (nSPS) is 15.7. The van der Waals surface area contributed by atoms with Crippen LogP contribution in [0.1, 0.15) is 12.8 Å². The number of aromatic nitrogens is 2. The number of hydrogen-bond acceptors (Lipinski definition) is 4. The van der Waals surface area contributed by atoms with Crippen LogP contribution in [-0.2, 0) is 14.8 Å². The maximum Gasteiger partial charge on any atom is 0.243 e. The number of halogens is 2. The number of piperidine rings is 1. The average molecular weight is 463 g/mol. The SMILES string of the molecule is O=C(Nc1ccn(-c2ccccc2)n1)C1CCN(S(=O)(=O)c2ccc(F)c(Cl)c2)CC1. The fourth-order valence-electron chi connectivity index (χ4n) is 3.49. The summed E-state index contributed by atoms with van der Waals surface area (Å²) in [5, 5.41) is 6.92. The number of hydrogen-bond donors (Lipinski definition) is 1. The Morgan fingerprint density at radius 1 is 1.10 bits per heavy atom. The summed E-state index contributed by atoms with van der Waals surface area (Å²) in [5.74, 6) is -0.763. The van der Waals surface area contributed by atoms with Crippen molar-refractivity contribution in [3.63, 3.8) is 0 Å². The molecule has 0 unspecified atom stereocenters. The van der Waals surface area contributed by atoms with Crippen LogP contribution in [0.3, 0.4) is 0 Å². The molecule has 7 nitrogen and oxygen atoms in total. The lowest BCUT2D eigenvalue weighted by Gasteiger charge is -2.30. The minimum absolute atomic E-state index is 0.0618. The van der Waals surface area contributed by atoms with Crippen LogP contribution in [0.5, 0.6) is 0 Å². The summed E-state index contributed by atoms with van der Waals surface area (Å²) in [5.41, 5.74) is 0.877. The van der Waals surface area contributed by atoms with Gasteiger partial charge in [0.25, 0.3) is 0 Å². The molecule has 1 aromatic heterocycles. The number of rotatable bonds is 5. The Balaban J connectivity index is 1.37. The highest BCUT2D eigenvalue weighted by molar-refractivity contribution is 7.89. The molecular weight excluding hydrogens is 443 g/mol. The van der Waals surface area contributed by atoms with E-state index in [-0.39, 0.29) is 34.8 Å². The van der Waals surface area contributed by atoms with Gasteiger partial charge in [-0.3, -0.25) is 4.79 Å². The number of benzene rings is 2. The number of carbonyl (C=O) groups is 1. The first-order valence-corrected chi connectivity index (χ1v) is 11.5. The first-order valence-electron chi connectivity index (χ1n) is 9.72. The van der Waals surface area contributed by atoms with E-state index in [1.165, 1.54) is 10.4 Å². The van der Waals surface area contributed by atoms with Crippen LogP contribution in [0.15, 0.2) is 65.7 Å². The predicted molar refractivity (Wildman–Crippen MR) is 115 cm³/mol. The maximum absolute atomic E-state index is 13.4. The summed E-state index contributed by atoms with van der Waals surface area (Å²) in [4.78, 5) is 12.6. The number of nitrogens with one attached hydrogen (secondary N) is 1. The van der Waals surface area contributed by atoms with Gasteiger partial charge >= 0.3 is 0 Å². The van der Waals surface area contributed by atoms with Gasteiger partial charge in [-0.05, 0) is 43.2 Å². The number of nitrogens with zero attached hydrogens (tertiary/aromatic N) is 3. The molecule has 3 aromatic rings. The van der Waals surface area contributed by atoms with Crippen molar-refractivity contribution in [2.75, 3.05) is 18.4 Å². The minimum atomic E-state index is -3.80. The molecule has 0 aliphatic carbocycles. The van der Waals surface area contributed by atoms with E-state index in [2.05, 4.69) is 10.4 Å². The molecule has 1 aliphatic heterocycles. The summed E-state index contributed by atoms with van der Waals surface area (Å²) < 4.78 is 41.9. The largest absolute Gasteiger partial charge is 0.309 e. The molecule has 0 radical (unpaired) electrons. The lowest BCUT2D eigenvalue weighted by Crippen LogP contribution is -2.41. The van der Waals surface area contributed by atoms with Crippen molar-refractivity contribution < 1.29 is 17.6 Å². The van der Waals surface area contributed by atoms with E-state index in [0.29, 0.717) is 18.7 Å². The maximum atomic E-state index is 13.4. The molecule has 4 rings (SSSR count). The van der Waals surface area contributed by atoms with Gasteiger partial charge in [0, 0.05) is 31.3 Å².